The molecular formula is C7H13ClN2O4. The first-order valence-electron chi connectivity index (χ1n) is 3.54. The predicted octanol–water partition coefficient (Wildman–Crippen LogP) is -0.727. The standard InChI is InChI=1S/C7H12N2O4.ClH/c1-5(7(8)11)4-6(10)12-2-3-13-9;/h4H,2-3,9H2,1H3,(H2,8,11);1H. The van der Waals surface area contributed by atoms with Crippen LogP contribution in [0.3, 0.4) is 0 Å². The van der Waals surface area contributed by atoms with Crippen molar-refractivity contribution in [1.29, 1.82) is 0 Å². The summed E-state index contributed by atoms with van der Waals surface area (Å²) in [5.41, 5.74) is 5.02. The number of carbonyl (C=O) groups is 2. The number of esters is 1. The van der Waals surface area contributed by atoms with Gasteiger partial charge >= 0.3 is 5.97 Å². The highest BCUT2D eigenvalue weighted by molar-refractivity contribution is 5.97. The normalized spacial score (nSPS) is 10.3. The summed E-state index contributed by atoms with van der Waals surface area (Å²) in [4.78, 5) is 25.5. The Morgan fingerprint density at radius 3 is 2.36 bits per heavy atom. The Hall–Kier alpha value is -1.11. The van der Waals surface area contributed by atoms with Crippen LogP contribution in [0.5, 0.6) is 0 Å². The van der Waals surface area contributed by atoms with Crippen LogP contribution < -0.4 is 11.6 Å². The van der Waals surface area contributed by atoms with E-state index in [0.717, 1.165) is 6.08 Å². The Kier molecular flexibility index (Phi) is 9.31. The Morgan fingerprint density at radius 2 is 1.93 bits per heavy atom. The van der Waals surface area contributed by atoms with Crippen molar-refractivity contribution < 1.29 is 19.2 Å². The first-order valence-corrected chi connectivity index (χ1v) is 3.54. The van der Waals surface area contributed by atoms with E-state index < -0.39 is 11.9 Å². The molecule has 7 heteroatoms. The summed E-state index contributed by atoms with van der Waals surface area (Å²) in [7, 11) is 0. The van der Waals surface area contributed by atoms with E-state index in [2.05, 4.69) is 15.5 Å². The lowest BCUT2D eigenvalue weighted by atomic mass is 10.3. The van der Waals surface area contributed by atoms with Crippen molar-refractivity contribution >= 4 is 24.3 Å². The van der Waals surface area contributed by atoms with Crippen molar-refractivity contribution in [2.75, 3.05) is 13.2 Å². The average Bonchev–Trinajstić information content (AvgIpc) is 2.04. The highest BCUT2D eigenvalue weighted by atomic mass is 35.5. The molecule has 0 aromatic heterocycles. The highest BCUT2D eigenvalue weighted by Gasteiger charge is 2.02. The zero-order valence-corrected chi connectivity index (χ0v) is 8.50. The largest absolute Gasteiger partial charge is 0.460 e. The zero-order valence-electron chi connectivity index (χ0n) is 7.69. The van der Waals surface area contributed by atoms with E-state index in [1.54, 1.807) is 0 Å². The van der Waals surface area contributed by atoms with Crippen molar-refractivity contribution in [2.24, 2.45) is 11.6 Å². The molecule has 0 fully saturated rings. The summed E-state index contributed by atoms with van der Waals surface area (Å²) in [5.74, 6) is 3.38. The van der Waals surface area contributed by atoms with E-state index in [0.29, 0.717) is 0 Å². The lowest BCUT2D eigenvalue weighted by Gasteiger charge is -2.00. The van der Waals surface area contributed by atoms with E-state index in [4.69, 9.17) is 5.73 Å². The molecule has 0 heterocycles. The van der Waals surface area contributed by atoms with Gasteiger partial charge < -0.3 is 15.3 Å². The Bertz CT molecular complexity index is 230. The second kappa shape index (κ2) is 8.49. The van der Waals surface area contributed by atoms with Gasteiger partial charge in [0.05, 0.1) is 0 Å². The summed E-state index contributed by atoms with van der Waals surface area (Å²) >= 11 is 0. The van der Waals surface area contributed by atoms with Crippen molar-refractivity contribution in [1.82, 2.24) is 0 Å². The molecule has 0 radical (unpaired) electrons. The summed E-state index contributed by atoms with van der Waals surface area (Å²) in [5, 5.41) is 0. The topological polar surface area (TPSA) is 105 Å². The van der Waals surface area contributed by atoms with Gasteiger partial charge in [-0.15, -0.1) is 12.4 Å². The molecule has 6 nitrogen and oxygen atoms in total. The van der Waals surface area contributed by atoms with Crippen molar-refractivity contribution in [3.8, 4) is 0 Å². The van der Waals surface area contributed by atoms with Crippen molar-refractivity contribution in [3.63, 3.8) is 0 Å². The Morgan fingerprint density at radius 1 is 1.36 bits per heavy atom. The fraction of sp³-hybridized carbons (Fsp3) is 0.429. The Balaban J connectivity index is 0. The van der Waals surface area contributed by atoms with Gasteiger partial charge in [0, 0.05) is 11.6 Å². The van der Waals surface area contributed by atoms with E-state index in [-0.39, 0.29) is 31.2 Å². The van der Waals surface area contributed by atoms with E-state index in [1.165, 1.54) is 6.92 Å². The number of halogens is 1. The second-order valence-corrected chi connectivity index (χ2v) is 2.23. The summed E-state index contributed by atoms with van der Waals surface area (Å²) in [6, 6.07) is 0. The maximum absolute atomic E-state index is 10.8. The van der Waals surface area contributed by atoms with Crippen LogP contribution in [0, 0.1) is 0 Å². The molecule has 0 bridgehead atoms. The lowest BCUT2D eigenvalue weighted by Crippen LogP contribution is -2.15. The highest BCUT2D eigenvalue weighted by Crippen LogP contribution is 1.91. The van der Waals surface area contributed by atoms with Gasteiger partial charge in [-0.05, 0) is 6.92 Å². The lowest BCUT2D eigenvalue weighted by molar-refractivity contribution is -0.139. The molecule has 0 saturated heterocycles. The van der Waals surface area contributed by atoms with Gasteiger partial charge in [-0.2, -0.15) is 0 Å². The van der Waals surface area contributed by atoms with Crippen molar-refractivity contribution in [3.05, 3.63) is 11.6 Å². The quantitative estimate of drug-likeness (QED) is 0.277. The zero-order chi connectivity index (χ0) is 10.3. The fourth-order valence-electron chi connectivity index (χ4n) is 0.480. The number of primary amides is 1. The Labute approximate surface area is 87.6 Å². The molecule has 0 spiro atoms. The fourth-order valence-corrected chi connectivity index (χ4v) is 0.480. The molecule has 4 N–H and O–H groups in total. The minimum absolute atomic E-state index is 0. The van der Waals surface area contributed by atoms with Crippen LogP contribution in [0.4, 0.5) is 0 Å². The van der Waals surface area contributed by atoms with Crippen molar-refractivity contribution in [2.45, 2.75) is 6.92 Å². The molecule has 0 unspecified atom stereocenters. The molecule has 0 atom stereocenters. The van der Waals surface area contributed by atoms with E-state index in [9.17, 15) is 9.59 Å². The number of ether oxygens (including phenoxy) is 1. The van der Waals surface area contributed by atoms with Gasteiger partial charge in [-0.1, -0.05) is 0 Å². The summed E-state index contributed by atoms with van der Waals surface area (Å²) in [6.07, 6.45) is 1.01. The van der Waals surface area contributed by atoms with Gasteiger partial charge in [0.25, 0.3) is 0 Å². The molecule has 0 aliphatic rings. The van der Waals surface area contributed by atoms with Crippen LogP contribution in [-0.2, 0) is 19.2 Å². The predicted molar refractivity (Wildman–Crippen MR) is 51.3 cm³/mol. The number of hydrogen-bond acceptors (Lipinski definition) is 5. The van der Waals surface area contributed by atoms with Gasteiger partial charge in [0.15, 0.2) is 0 Å². The third-order valence-electron chi connectivity index (χ3n) is 1.17. The monoisotopic (exact) mass is 224 g/mol. The molecule has 0 aromatic rings. The van der Waals surface area contributed by atoms with Crippen LogP contribution in [0.25, 0.3) is 0 Å². The maximum Gasteiger partial charge on any atom is 0.331 e. The first kappa shape index (κ1) is 15.4. The number of nitrogens with two attached hydrogens (primary N) is 2. The molecule has 14 heavy (non-hydrogen) atoms. The van der Waals surface area contributed by atoms with Crippen LogP contribution >= 0.6 is 12.4 Å². The molecule has 1 amide bonds. The first-order chi connectivity index (χ1) is 6.07. The van der Waals surface area contributed by atoms with Crippen LogP contribution in [0.1, 0.15) is 6.92 Å². The van der Waals surface area contributed by atoms with Crippen LogP contribution in [0.2, 0.25) is 0 Å². The average molecular weight is 225 g/mol. The molecular weight excluding hydrogens is 212 g/mol. The van der Waals surface area contributed by atoms with Crippen LogP contribution in [-0.4, -0.2) is 25.1 Å². The van der Waals surface area contributed by atoms with E-state index in [1.807, 2.05) is 0 Å². The summed E-state index contributed by atoms with van der Waals surface area (Å²) in [6.45, 7) is 1.57. The van der Waals surface area contributed by atoms with E-state index >= 15 is 0 Å². The number of carbonyl (C=O) groups excluding carboxylic acids is 2. The molecule has 0 aromatic carbocycles. The third-order valence-corrected chi connectivity index (χ3v) is 1.17. The van der Waals surface area contributed by atoms with Gasteiger partial charge in [-0.3, -0.25) is 4.79 Å². The molecule has 0 rings (SSSR count). The second-order valence-electron chi connectivity index (χ2n) is 2.23. The molecule has 0 aliphatic carbocycles. The van der Waals surface area contributed by atoms with Gasteiger partial charge in [-0.25, -0.2) is 10.7 Å². The molecule has 82 valence electrons. The van der Waals surface area contributed by atoms with Gasteiger partial charge in [0.2, 0.25) is 5.91 Å². The molecule has 0 aliphatic heterocycles. The minimum Gasteiger partial charge on any atom is -0.460 e. The van der Waals surface area contributed by atoms with Gasteiger partial charge in [0.1, 0.15) is 13.2 Å². The third kappa shape index (κ3) is 7.53. The number of amides is 1. The SMILES string of the molecule is CC(=CC(=O)OCCON)C(N)=O.Cl. The molecule has 0 saturated carbocycles. The maximum atomic E-state index is 10.8. The van der Waals surface area contributed by atoms with Crippen LogP contribution in [0.15, 0.2) is 11.6 Å². The summed E-state index contributed by atoms with van der Waals surface area (Å²) < 4.78 is 4.58. The number of rotatable bonds is 5. The number of hydrogen-bond donors (Lipinski definition) is 2. The smallest absolute Gasteiger partial charge is 0.331 e. The minimum atomic E-state index is -0.660.